The zero-order chi connectivity index (χ0) is 23.1. The molecule has 3 aliphatic heterocycles. The summed E-state index contributed by atoms with van der Waals surface area (Å²) in [6.45, 7) is 2.18. The highest BCUT2D eigenvalue weighted by Crippen LogP contribution is 2.47. The molecule has 1 aromatic rings. The van der Waals surface area contributed by atoms with Gasteiger partial charge in [-0.05, 0) is 37.5 Å². The molecular weight excluding hydrogens is 420 g/mol. The summed E-state index contributed by atoms with van der Waals surface area (Å²) < 4.78 is 6.69. The molecule has 2 bridgehead atoms. The number of rotatable bonds is 7. The number of fused-ring (bicyclic) bond motifs is 3. The zero-order valence-corrected chi connectivity index (χ0v) is 19.4. The average Bonchev–Trinajstić information content (AvgIpc) is 3.55. The summed E-state index contributed by atoms with van der Waals surface area (Å²) >= 11 is 0. The molecule has 3 saturated heterocycles. The molecule has 3 N–H and O–H groups in total. The first-order valence-corrected chi connectivity index (χ1v) is 12.8. The molecular formula is C25H37N4O4+. The van der Waals surface area contributed by atoms with Crippen molar-refractivity contribution in [3.8, 4) is 0 Å². The Morgan fingerprint density at radius 3 is 2.06 bits per heavy atom. The van der Waals surface area contributed by atoms with Gasteiger partial charge in [-0.15, -0.1) is 0 Å². The van der Waals surface area contributed by atoms with Gasteiger partial charge in [-0.3, -0.25) is 4.79 Å². The number of quaternary nitrogens is 1. The quantitative estimate of drug-likeness (QED) is 0.479. The van der Waals surface area contributed by atoms with E-state index in [1.807, 2.05) is 0 Å². The third-order valence-electron chi connectivity index (χ3n) is 9.21. The first-order valence-electron chi connectivity index (χ1n) is 12.8. The van der Waals surface area contributed by atoms with E-state index in [0.29, 0.717) is 16.6 Å². The van der Waals surface area contributed by atoms with E-state index < -0.39 is 23.5 Å². The Morgan fingerprint density at radius 1 is 1.00 bits per heavy atom. The fourth-order valence-corrected chi connectivity index (χ4v) is 7.49. The van der Waals surface area contributed by atoms with Gasteiger partial charge in [0.25, 0.3) is 5.91 Å². The Hall–Kier alpha value is -2.06. The van der Waals surface area contributed by atoms with Gasteiger partial charge in [0.2, 0.25) is 0 Å². The summed E-state index contributed by atoms with van der Waals surface area (Å²) in [7, 11) is 0. The van der Waals surface area contributed by atoms with E-state index in [1.54, 1.807) is 12.4 Å². The number of primary amides is 1. The highest BCUT2D eigenvalue weighted by atomic mass is 16.6. The lowest BCUT2D eigenvalue weighted by atomic mass is 9.74. The van der Waals surface area contributed by atoms with Gasteiger partial charge in [0, 0.05) is 31.2 Å². The van der Waals surface area contributed by atoms with Gasteiger partial charge in [-0.2, -0.15) is 0 Å². The molecule has 5 fully saturated rings. The Kier molecular flexibility index (Phi) is 6.16. The molecule has 1 unspecified atom stereocenters. The predicted molar refractivity (Wildman–Crippen MR) is 120 cm³/mol. The van der Waals surface area contributed by atoms with Crippen LogP contribution in [0.4, 0.5) is 0 Å². The highest BCUT2D eigenvalue weighted by Gasteiger charge is 2.57. The van der Waals surface area contributed by atoms with Crippen LogP contribution in [-0.4, -0.2) is 62.8 Å². The molecule has 0 aromatic carbocycles. The summed E-state index contributed by atoms with van der Waals surface area (Å²) in [4.78, 5) is 34.5. The van der Waals surface area contributed by atoms with Gasteiger partial charge in [0.1, 0.15) is 12.9 Å². The number of ether oxygens (including phenoxy) is 1. The van der Waals surface area contributed by atoms with Crippen molar-refractivity contribution >= 4 is 11.9 Å². The van der Waals surface area contributed by atoms with Gasteiger partial charge in [0.05, 0.1) is 18.7 Å². The molecule has 5 aliphatic rings. The number of esters is 1. The maximum Gasteiger partial charge on any atom is 0.339 e. The summed E-state index contributed by atoms with van der Waals surface area (Å²) in [5.74, 6) is -0.555. The Bertz CT molecular complexity index is 842. The lowest BCUT2D eigenvalue weighted by Gasteiger charge is -2.54. The van der Waals surface area contributed by atoms with E-state index in [4.69, 9.17) is 10.5 Å². The highest BCUT2D eigenvalue weighted by molar-refractivity contribution is 5.81. The molecule has 1 aromatic heterocycles. The van der Waals surface area contributed by atoms with Gasteiger partial charge >= 0.3 is 5.97 Å². The van der Waals surface area contributed by atoms with Gasteiger partial charge in [-0.25, -0.2) is 14.8 Å². The molecule has 33 heavy (non-hydrogen) atoms. The van der Waals surface area contributed by atoms with Crippen molar-refractivity contribution in [1.29, 1.82) is 0 Å². The van der Waals surface area contributed by atoms with E-state index in [2.05, 4.69) is 9.97 Å². The van der Waals surface area contributed by atoms with E-state index in [9.17, 15) is 14.7 Å². The first kappa shape index (κ1) is 22.7. The fourth-order valence-electron chi connectivity index (χ4n) is 7.49. The Labute approximate surface area is 195 Å². The van der Waals surface area contributed by atoms with Crippen LogP contribution in [0.2, 0.25) is 0 Å². The van der Waals surface area contributed by atoms with Gasteiger partial charge < -0.3 is 20.1 Å². The molecule has 0 radical (unpaired) electrons. The molecule has 0 spiro atoms. The fraction of sp³-hybridized carbons (Fsp3) is 0.760. The number of hydrogen-bond donors (Lipinski definition) is 2. The number of nitrogens with two attached hydrogens (primary N) is 1. The maximum atomic E-state index is 13.7. The topological polar surface area (TPSA) is 115 Å². The standard InChI is InChI=1S/C25H36N4O4/c26-23(30)22(18-13-27-16-28-14-18)29-11-9-17(10-12-29)21(15-29)33-24(31)25(32,19-5-1-2-6-19)20-7-3-4-8-20/h13-14,16-17,19-22,32H,1-12,15H2,(H-,26,30)/p+1/t17?,21-,22?,29?/m0/s1. The number of hydrogen-bond acceptors (Lipinski definition) is 6. The monoisotopic (exact) mass is 457 g/mol. The van der Waals surface area contributed by atoms with Crippen LogP contribution in [-0.2, 0) is 14.3 Å². The van der Waals surface area contributed by atoms with Crippen molar-refractivity contribution in [1.82, 2.24) is 9.97 Å². The Balaban J connectivity index is 1.38. The minimum absolute atomic E-state index is 0.00263. The average molecular weight is 458 g/mol. The molecule has 2 saturated carbocycles. The third kappa shape index (κ3) is 3.95. The minimum atomic E-state index is -1.37. The number of nitrogens with zero attached hydrogens (tertiary/aromatic N) is 3. The van der Waals surface area contributed by atoms with Crippen LogP contribution in [0.5, 0.6) is 0 Å². The smallest absolute Gasteiger partial charge is 0.339 e. The number of amides is 1. The second-order valence-corrected chi connectivity index (χ2v) is 10.9. The largest absolute Gasteiger partial charge is 0.454 e. The molecule has 8 heteroatoms. The summed E-state index contributed by atoms with van der Waals surface area (Å²) in [6, 6.07) is -0.558. The number of aliphatic hydroxyl groups is 1. The number of carbonyl (C=O) groups excluding carboxylic acids is 2. The van der Waals surface area contributed by atoms with Crippen LogP contribution in [0.1, 0.15) is 75.8 Å². The van der Waals surface area contributed by atoms with E-state index in [0.717, 1.165) is 77.3 Å². The van der Waals surface area contributed by atoms with Crippen LogP contribution < -0.4 is 5.73 Å². The molecule has 8 nitrogen and oxygen atoms in total. The number of aromatic nitrogens is 2. The van der Waals surface area contributed by atoms with E-state index in [-0.39, 0.29) is 23.9 Å². The van der Waals surface area contributed by atoms with Crippen molar-refractivity contribution in [3.63, 3.8) is 0 Å². The molecule has 2 aliphatic carbocycles. The van der Waals surface area contributed by atoms with Crippen molar-refractivity contribution in [2.75, 3.05) is 19.6 Å². The molecule has 1 amide bonds. The second-order valence-electron chi connectivity index (χ2n) is 10.9. The second kappa shape index (κ2) is 8.95. The number of carbonyl (C=O) groups is 2. The molecule has 180 valence electrons. The van der Waals surface area contributed by atoms with Crippen LogP contribution in [0, 0.1) is 17.8 Å². The Morgan fingerprint density at radius 2 is 1.55 bits per heavy atom. The van der Waals surface area contributed by atoms with Crippen LogP contribution in [0.15, 0.2) is 18.7 Å². The van der Waals surface area contributed by atoms with Gasteiger partial charge in [0.15, 0.2) is 17.7 Å². The SMILES string of the molecule is NC(=O)C(c1cncnc1)[N+]12CCC(CC1)[C@@H](OC(=O)C(O)(C1CCCC1)C1CCCC1)C2. The zero-order valence-electron chi connectivity index (χ0n) is 19.4. The first-order chi connectivity index (χ1) is 15.9. The van der Waals surface area contributed by atoms with Gasteiger partial charge in [-0.1, -0.05) is 25.7 Å². The predicted octanol–water partition coefficient (Wildman–Crippen LogP) is 2.27. The van der Waals surface area contributed by atoms with Crippen molar-refractivity contribution in [3.05, 3.63) is 24.3 Å². The van der Waals surface area contributed by atoms with Crippen LogP contribution in [0.3, 0.4) is 0 Å². The van der Waals surface area contributed by atoms with Crippen LogP contribution >= 0.6 is 0 Å². The number of piperidine rings is 3. The van der Waals surface area contributed by atoms with E-state index in [1.165, 1.54) is 6.33 Å². The van der Waals surface area contributed by atoms with Crippen molar-refractivity contribution < 1.29 is 23.9 Å². The minimum Gasteiger partial charge on any atom is -0.454 e. The van der Waals surface area contributed by atoms with Crippen molar-refractivity contribution in [2.24, 2.45) is 23.5 Å². The molecule has 6 rings (SSSR count). The van der Waals surface area contributed by atoms with Crippen molar-refractivity contribution in [2.45, 2.75) is 82.0 Å². The molecule has 4 heterocycles. The third-order valence-corrected chi connectivity index (χ3v) is 9.21. The molecule has 2 atom stereocenters. The lowest BCUT2D eigenvalue weighted by molar-refractivity contribution is -0.965. The normalized spacial score (nSPS) is 31.5. The summed E-state index contributed by atoms with van der Waals surface area (Å²) in [6.07, 6.45) is 14.1. The van der Waals surface area contributed by atoms with E-state index >= 15 is 0 Å². The summed E-state index contributed by atoms with van der Waals surface area (Å²) in [5, 5.41) is 11.8. The summed E-state index contributed by atoms with van der Waals surface area (Å²) in [5.41, 5.74) is 5.24. The lowest BCUT2D eigenvalue weighted by Crippen LogP contribution is -2.68. The van der Waals surface area contributed by atoms with Crippen LogP contribution in [0.25, 0.3) is 0 Å². The maximum absolute atomic E-state index is 13.7.